The maximum atomic E-state index is 12.4. The van der Waals surface area contributed by atoms with Gasteiger partial charge in [0.05, 0.1) is 12.4 Å². The molecular formula is C22H22N2O2S. The Morgan fingerprint density at radius 3 is 2.78 bits per heavy atom. The molecule has 1 aromatic heterocycles. The van der Waals surface area contributed by atoms with E-state index in [2.05, 4.69) is 35.0 Å². The lowest BCUT2D eigenvalue weighted by Gasteiger charge is -2.23. The van der Waals surface area contributed by atoms with Crippen LogP contribution in [-0.2, 0) is 11.3 Å². The summed E-state index contributed by atoms with van der Waals surface area (Å²) in [6, 6.07) is 20.3. The molecule has 2 aromatic carbocycles. The van der Waals surface area contributed by atoms with Gasteiger partial charge in [0.2, 0.25) is 5.91 Å². The summed E-state index contributed by atoms with van der Waals surface area (Å²) in [4.78, 5) is 14.4. The number of carbonyl (C=O) groups is 1. The van der Waals surface area contributed by atoms with Gasteiger partial charge in [0, 0.05) is 36.3 Å². The summed E-state index contributed by atoms with van der Waals surface area (Å²) in [6.45, 7) is 3.27. The van der Waals surface area contributed by atoms with E-state index >= 15 is 0 Å². The second kappa shape index (κ2) is 7.92. The molecule has 4 nitrogen and oxygen atoms in total. The second-order valence-electron chi connectivity index (χ2n) is 6.45. The van der Waals surface area contributed by atoms with E-state index in [0.717, 1.165) is 22.6 Å². The Kier molecular flexibility index (Phi) is 5.21. The molecule has 0 saturated carbocycles. The molecule has 1 fully saturated rings. The highest BCUT2D eigenvalue weighted by molar-refractivity contribution is 8.00. The molecule has 0 N–H and O–H groups in total. The van der Waals surface area contributed by atoms with Crippen molar-refractivity contribution < 1.29 is 9.53 Å². The van der Waals surface area contributed by atoms with Crippen LogP contribution in [0, 0.1) is 0 Å². The molecule has 1 unspecified atom stereocenters. The van der Waals surface area contributed by atoms with Gasteiger partial charge in [-0.15, -0.1) is 11.8 Å². The number of thioether (sulfide) groups is 1. The van der Waals surface area contributed by atoms with E-state index < -0.39 is 0 Å². The highest BCUT2D eigenvalue weighted by Gasteiger charge is 2.33. The second-order valence-corrected chi connectivity index (χ2v) is 7.52. The van der Waals surface area contributed by atoms with E-state index in [1.165, 1.54) is 0 Å². The van der Waals surface area contributed by atoms with Crippen LogP contribution in [0.5, 0.6) is 5.75 Å². The molecule has 138 valence electrons. The first-order valence-electron chi connectivity index (χ1n) is 9.10. The van der Waals surface area contributed by atoms with Crippen LogP contribution in [0.2, 0.25) is 0 Å². The summed E-state index contributed by atoms with van der Waals surface area (Å²) in [5.74, 6) is 1.59. The number of aromatic nitrogens is 1. The summed E-state index contributed by atoms with van der Waals surface area (Å²) < 4.78 is 7.69. The molecule has 0 spiro atoms. The van der Waals surface area contributed by atoms with E-state index in [9.17, 15) is 4.79 Å². The predicted octanol–water partition coefficient (Wildman–Crippen LogP) is 4.65. The van der Waals surface area contributed by atoms with Gasteiger partial charge in [-0.25, -0.2) is 0 Å². The monoisotopic (exact) mass is 378 g/mol. The molecule has 1 atom stereocenters. The maximum absolute atomic E-state index is 12.4. The van der Waals surface area contributed by atoms with Crippen LogP contribution < -0.4 is 4.74 Å². The van der Waals surface area contributed by atoms with Crippen LogP contribution >= 0.6 is 11.8 Å². The Morgan fingerprint density at radius 1 is 1.11 bits per heavy atom. The average Bonchev–Trinajstić information content (AvgIpc) is 3.31. The van der Waals surface area contributed by atoms with Gasteiger partial charge in [-0.1, -0.05) is 36.4 Å². The normalized spacial score (nSPS) is 16.7. The Balaban J connectivity index is 1.56. The quantitative estimate of drug-likeness (QED) is 0.626. The fraction of sp³-hybridized carbons (Fsp3) is 0.227. The molecule has 3 aromatic rings. The predicted molar refractivity (Wildman–Crippen MR) is 109 cm³/mol. The van der Waals surface area contributed by atoms with Gasteiger partial charge in [-0.3, -0.25) is 4.79 Å². The van der Waals surface area contributed by atoms with Crippen molar-refractivity contribution in [3.05, 3.63) is 84.2 Å². The molecule has 0 aliphatic carbocycles. The molecule has 2 heterocycles. The zero-order valence-corrected chi connectivity index (χ0v) is 16.1. The summed E-state index contributed by atoms with van der Waals surface area (Å²) in [5.41, 5.74) is 3.35. The minimum absolute atomic E-state index is 0.0500. The first kappa shape index (κ1) is 17.7. The molecule has 0 bridgehead atoms. The lowest BCUT2D eigenvalue weighted by Crippen LogP contribution is -2.27. The lowest BCUT2D eigenvalue weighted by molar-refractivity contribution is -0.128. The maximum Gasteiger partial charge on any atom is 0.234 e. The van der Waals surface area contributed by atoms with E-state index in [1.54, 1.807) is 11.8 Å². The Hall–Kier alpha value is -2.66. The molecule has 4 rings (SSSR count). The van der Waals surface area contributed by atoms with Crippen LogP contribution in [0.4, 0.5) is 0 Å². The molecule has 5 heteroatoms. The molecular weight excluding hydrogens is 356 g/mol. The smallest absolute Gasteiger partial charge is 0.234 e. The number of hydrogen-bond acceptors (Lipinski definition) is 3. The van der Waals surface area contributed by atoms with Crippen molar-refractivity contribution in [2.45, 2.75) is 18.8 Å². The van der Waals surface area contributed by atoms with Gasteiger partial charge in [-0.05, 0) is 30.7 Å². The van der Waals surface area contributed by atoms with Crippen LogP contribution in [0.3, 0.4) is 0 Å². The van der Waals surface area contributed by atoms with Crippen molar-refractivity contribution in [3.8, 4) is 11.4 Å². The topological polar surface area (TPSA) is 34.5 Å². The van der Waals surface area contributed by atoms with Gasteiger partial charge < -0.3 is 14.2 Å². The van der Waals surface area contributed by atoms with Crippen LogP contribution in [0.1, 0.15) is 23.4 Å². The highest BCUT2D eigenvalue weighted by Crippen LogP contribution is 2.40. The van der Waals surface area contributed by atoms with Crippen molar-refractivity contribution in [1.82, 2.24) is 9.47 Å². The zero-order chi connectivity index (χ0) is 18.6. The first-order chi connectivity index (χ1) is 13.2. The summed E-state index contributed by atoms with van der Waals surface area (Å²) >= 11 is 1.69. The number of hydrogen-bond donors (Lipinski definition) is 0. The number of ether oxygens (including phenoxy) is 1. The SMILES string of the molecule is CCOc1cccc(-n2ccc(C3SCC(=O)N3Cc3ccccc3)c2)c1. The summed E-state index contributed by atoms with van der Waals surface area (Å²) in [7, 11) is 0. The molecule has 27 heavy (non-hydrogen) atoms. The fourth-order valence-electron chi connectivity index (χ4n) is 3.30. The average molecular weight is 378 g/mol. The number of benzene rings is 2. The molecule has 1 aliphatic heterocycles. The minimum Gasteiger partial charge on any atom is -0.494 e. The Bertz CT molecular complexity index is 923. The first-order valence-corrected chi connectivity index (χ1v) is 10.2. The zero-order valence-electron chi connectivity index (χ0n) is 15.2. The Labute approximate surface area is 163 Å². The Morgan fingerprint density at radius 2 is 1.96 bits per heavy atom. The largest absolute Gasteiger partial charge is 0.494 e. The van der Waals surface area contributed by atoms with Crippen molar-refractivity contribution in [2.75, 3.05) is 12.4 Å². The third-order valence-corrected chi connectivity index (χ3v) is 5.85. The third kappa shape index (κ3) is 3.88. The summed E-state index contributed by atoms with van der Waals surface area (Å²) in [5, 5.41) is 0.0500. The van der Waals surface area contributed by atoms with Crippen molar-refractivity contribution in [1.29, 1.82) is 0 Å². The van der Waals surface area contributed by atoms with Crippen LogP contribution in [0.25, 0.3) is 5.69 Å². The van der Waals surface area contributed by atoms with Gasteiger partial charge in [-0.2, -0.15) is 0 Å². The molecule has 1 aliphatic rings. The van der Waals surface area contributed by atoms with Crippen LogP contribution in [-0.4, -0.2) is 27.7 Å². The number of nitrogens with zero attached hydrogens (tertiary/aromatic N) is 2. The minimum atomic E-state index is 0.0500. The van der Waals surface area contributed by atoms with Crippen molar-refractivity contribution >= 4 is 17.7 Å². The molecule has 1 amide bonds. The van der Waals surface area contributed by atoms with E-state index in [0.29, 0.717) is 18.9 Å². The van der Waals surface area contributed by atoms with Crippen molar-refractivity contribution in [2.24, 2.45) is 0 Å². The summed E-state index contributed by atoms with van der Waals surface area (Å²) in [6.07, 6.45) is 4.16. The van der Waals surface area contributed by atoms with Gasteiger partial charge in [0.15, 0.2) is 0 Å². The molecule has 0 radical (unpaired) electrons. The van der Waals surface area contributed by atoms with E-state index in [1.807, 2.05) is 54.4 Å². The number of amides is 1. The van der Waals surface area contributed by atoms with Crippen molar-refractivity contribution in [3.63, 3.8) is 0 Å². The standard InChI is InChI=1S/C22H22N2O2S/c1-2-26-20-10-6-9-19(13-20)23-12-11-18(15-23)22-24(21(25)16-27-22)14-17-7-4-3-5-8-17/h3-13,15,22H,2,14,16H2,1H3. The van der Waals surface area contributed by atoms with Crippen LogP contribution in [0.15, 0.2) is 73.1 Å². The number of carbonyl (C=O) groups excluding carboxylic acids is 1. The van der Waals surface area contributed by atoms with E-state index in [4.69, 9.17) is 4.74 Å². The lowest BCUT2D eigenvalue weighted by atomic mass is 10.2. The fourth-order valence-corrected chi connectivity index (χ4v) is 4.47. The van der Waals surface area contributed by atoms with Gasteiger partial charge in [0.1, 0.15) is 11.1 Å². The molecule has 1 saturated heterocycles. The van der Waals surface area contributed by atoms with E-state index in [-0.39, 0.29) is 11.3 Å². The third-order valence-electron chi connectivity index (χ3n) is 4.59. The highest BCUT2D eigenvalue weighted by atomic mass is 32.2. The van der Waals surface area contributed by atoms with Gasteiger partial charge >= 0.3 is 0 Å². The van der Waals surface area contributed by atoms with Gasteiger partial charge in [0.25, 0.3) is 0 Å². The number of rotatable bonds is 6.